The first-order chi connectivity index (χ1) is 14.5. The van der Waals surface area contributed by atoms with Gasteiger partial charge in [0.1, 0.15) is 17.2 Å². The van der Waals surface area contributed by atoms with Gasteiger partial charge in [0.05, 0.1) is 30.6 Å². The Morgan fingerprint density at radius 3 is 1.90 bits per heavy atom. The lowest BCUT2D eigenvalue weighted by molar-refractivity contribution is 0.415. The minimum Gasteiger partial charge on any atom is -0.497 e. The zero-order valence-corrected chi connectivity index (χ0v) is 18.5. The molecule has 0 bridgehead atoms. The summed E-state index contributed by atoms with van der Waals surface area (Å²) in [7, 11) is 3.24. The number of rotatable bonds is 5. The van der Waals surface area contributed by atoms with E-state index in [2.05, 4.69) is 0 Å². The second kappa shape index (κ2) is 8.60. The molecule has 4 aromatic rings. The van der Waals surface area contributed by atoms with Crippen molar-refractivity contribution in [3.05, 3.63) is 81.8 Å². The van der Waals surface area contributed by atoms with Crippen LogP contribution in [-0.4, -0.2) is 24.0 Å². The van der Waals surface area contributed by atoms with Crippen molar-refractivity contribution in [2.24, 2.45) is 0 Å². The minimum atomic E-state index is 0.493. The summed E-state index contributed by atoms with van der Waals surface area (Å²) in [5.74, 6) is 1.43. The highest BCUT2D eigenvalue weighted by Crippen LogP contribution is 2.40. The van der Waals surface area contributed by atoms with Gasteiger partial charge in [-0.2, -0.15) is 5.10 Å². The molecular formula is C23H17Cl3N2O2. The molecule has 1 aromatic heterocycles. The van der Waals surface area contributed by atoms with Gasteiger partial charge in [0, 0.05) is 21.2 Å². The minimum absolute atomic E-state index is 0.493. The second-order valence-corrected chi connectivity index (χ2v) is 7.77. The summed E-state index contributed by atoms with van der Waals surface area (Å²) in [6.07, 6.45) is 0. The van der Waals surface area contributed by atoms with Gasteiger partial charge < -0.3 is 9.47 Å². The lowest BCUT2D eigenvalue weighted by Crippen LogP contribution is -2.00. The lowest BCUT2D eigenvalue weighted by Gasteiger charge is -2.10. The summed E-state index contributed by atoms with van der Waals surface area (Å²) in [5.41, 5.74) is 3.69. The molecule has 30 heavy (non-hydrogen) atoms. The average Bonchev–Trinajstić information content (AvgIpc) is 3.10. The maximum absolute atomic E-state index is 6.89. The van der Waals surface area contributed by atoms with Crippen LogP contribution in [0.15, 0.2) is 66.7 Å². The Kier molecular flexibility index (Phi) is 5.91. The van der Waals surface area contributed by atoms with E-state index in [0.29, 0.717) is 43.6 Å². The normalized spacial score (nSPS) is 10.8. The fraction of sp³-hybridized carbons (Fsp3) is 0.0870. The zero-order valence-electron chi connectivity index (χ0n) is 16.2. The number of benzene rings is 3. The van der Waals surface area contributed by atoms with Crippen LogP contribution in [0.2, 0.25) is 15.1 Å². The molecule has 0 fully saturated rings. The quantitative estimate of drug-likeness (QED) is 0.317. The van der Waals surface area contributed by atoms with Crippen LogP contribution in [-0.2, 0) is 0 Å². The van der Waals surface area contributed by atoms with Gasteiger partial charge in [-0.1, -0.05) is 59.1 Å². The number of halogens is 3. The van der Waals surface area contributed by atoms with Gasteiger partial charge >= 0.3 is 0 Å². The fourth-order valence-corrected chi connectivity index (χ4v) is 4.07. The first-order valence-corrected chi connectivity index (χ1v) is 10.2. The summed E-state index contributed by atoms with van der Waals surface area (Å²) >= 11 is 19.4. The molecule has 152 valence electrons. The highest BCUT2D eigenvalue weighted by molar-refractivity contribution is 6.36. The predicted octanol–water partition coefficient (Wildman–Crippen LogP) is 7.18. The van der Waals surface area contributed by atoms with Crippen molar-refractivity contribution in [2.75, 3.05) is 14.2 Å². The average molecular weight is 460 g/mol. The molecular weight excluding hydrogens is 443 g/mol. The van der Waals surface area contributed by atoms with Crippen LogP contribution >= 0.6 is 34.8 Å². The molecule has 0 unspecified atom stereocenters. The molecule has 0 amide bonds. The maximum atomic E-state index is 6.89. The first kappa shape index (κ1) is 20.6. The van der Waals surface area contributed by atoms with E-state index in [9.17, 15) is 0 Å². The second-order valence-electron chi connectivity index (χ2n) is 6.51. The molecule has 1 heterocycles. The standard InChI is InChI=1S/C23H17Cl3N2O2/c1-29-19-7-3-5-14(9-19)22-21(26)23(15-6-4-8-20(10-15)30-2)28(27-22)18-12-16(24)11-17(25)13-18/h3-13H,1-2H3. The highest BCUT2D eigenvalue weighted by atomic mass is 35.5. The van der Waals surface area contributed by atoms with E-state index in [-0.39, 0.29) is 0 Å². The van der Waals surface area contributed by atoms with E-state index >= 15 is 0 Å². The van der Waals surface area contributed by atoms with Crippen LogP contribution < -0.4 is 9.47 Å². The molecule has 0 radical (unpaired) electrons. The van der Waals surface area contributed by atoms with E-state index in [1.165, 1.54) is 0 Å². The van der Waals surface area contributed by atoms with Crippen LogP contribution in [0.3, 0.4) is 0 Å². The maximum Gasteiger partial charge on any atom is 0.119 e. The van der Waals surface area contributed by atoms with Crippen LogP contribution in [0.5, 0.6) is 11.5 Å². The number of nitrogens with zero attached hydrogens (tertiary/aromatic N) is 2. The molecule has 0 atom stereocenters. The molecule has 4 rings (SSSR count). The van der Waals surface area contributed by atoms with Gasteiger partial charge in [0.25, 0.3) is 0 Å². The van der Waals surface area contributed by atoms with Gasteiger partial charge in [0.15, 0.2) is 0 Å². The molecule has 0 aliphatic carbocycles. The number of aromatic nitrogens is 2. The molecule has 0 spiro atoms. The third-order valence-electron chi connectivity index (χ3n) is 4.61. The van der Waals surface area contributed by atoms with E-state index in [4.69, 9.17) is 49.4 Å². The molecule has 3 aromatic carbocycles. The molecule has 4 nitrogen and oxygen atoms in total. The highest BCUT2D eigenvalue weighted by Gasteiger charge is 2.21. The lowest BCUT2D eigenvalue weighted by atomic mass is 10.1. The Bertz CT molecular complexity index is 1200. The van der Waals surface area contributed by atoms with E-state index in [1.807, 2.05) is 48.5 Å². The van der Waals surface area contributed by atoms with Crippen molar-refractivity contribution >= 4 is 34.8 Å². The Hall–Kier alpha value is -2.66. The van der Waals surface area contributed by atoms with Crippen molar-refractivity contribution in [1.82, 2.24) is 9.78 Å². The summed E-state index contributed by atoms with van der Waals surface area (Å²) in [6.45, 7) is 0. The number of hydrogen-bond donors (Lipinski definition) is 0. The van der Waals surface area contributed by atoms with E-state index in [0.717, 1.165) is 11.1 Å². The van der Waals surface area contributed by atoms with Crippen LogP contribution in [0.1, 0.15) is 0 Å². The number of hydrogen-bond acceptors (Lipinski definition) is 3. The van der Waals surface area contributed by atoms with E-state index in [1.54, 1.807) is 37.1 Å². The summed E-state index contributed by atoms with van der Waals surface area (Å²) < 4.78 is 12.5. The Morgan fingerprint density at radius 1 is 0.733 bits per heavy atom. The van der Waals surface area contributed by atoms with Gasteiger partial charge in [-0.05, 0) is 42.5 Å². The van der Waals surface area contributed by atoms with Gasteiger partial charge in [-0.3, -0.25) is 0 Å². The fourth-order valence-electron chi connectivity index (χ4n) is 3.22. The first-order valence-electron chi connectivity index (χ1n) is 9.04. The van der Waals surface area contributed by atoms with Crippen molar-refractivity contribution in [3.8, 4) is 39.7 Å². The monoisotopic (exact) mass is 458 g/mol. The summed E-state index contributed by atoms with van der Waals surface area (Å²) in [4.78, 5) is 0. The van der Waals surface area contributed by atoms with Crippen LogP contribution in [0, 0.1) is 0 Å². The van der Waals surface area contributed by atoms with Gasteiger partial charge in [-0.25, -0.2) is 4.68 Å². The molecule has 0 aliphatic heterocycles. The Balaban J connectivity index is 1.99. The van der Waals surface area contributed by atoms with Crippen molar-refractivity contribution in [3.63, 3.8) is 0 Å². The molecule has 0 saturated heterocycles. The van der Waals surface area contributed by atoms with Crippen LogP contribution in [0.25, 0.3) is 28.2 Å². The van der Waals surface area contributed by atoms with Crippen molar-refractivity contribution in [1.29, 1.82) is 0 Å². The number of ether oxygens (including phenoxy) is 2. The van der Waals surface area contributed by atoms with Crippen molar-refractivity contribution < 1.29 is 9.47 Å². The summed E-state index contributed by atoms with van der Waals surface area (Å²) in [5, 5.41) is 6.31. The van der Waals surface area contributed by atoms with Gasteiger partial charge in [0.2, 0.25) is 0 Å². The Labute approximate surface area is 189 Å². The van der Waals surface area contributed by atoms with E-state index < -0.39 is 0 Å². The largest absolute Gasteiger partial charge is 0.497 e. The summed E-state index contributed by atoms with van der Waals surface area (Å²) in [6, 6.07) is 20.5. The van der Waals surface area contributed by atoms with Gasteiger partial charge in [-0.15, -0.1) is 0 Å². The smallest absolute Gasteiger partial charge is 0.119 e. The number of methoxy groups -OCH3 is 2. The third-order valence-corrected chi connectivity index (χ3v) is 5.40. The topological polar surface area (TPSA) is 36.3 Å². The zero-order chi connectivity index (χ0) is 21.3. The Morgan fingerprint density at radius 2 is 1.30 bits per heavy atom. The van der Waals surface area contributed by atoms with Crippen LogP contribution in [0.4, 0.5) is 0 Å². The molecule has 0 aliphatic rings. The molecule has 0 saturated carbocycles. The predicted molar refractivity (Wildman–Crippen MR) is 123 cm³/mol. The molecule has 7 heteroatoms. The SMILES string of the molecule is COc1cccc(-c2nn(-c3cc(Cl)cc(Cl)c3)c(-c3cccc(OC)c3)c2Cl)c1. The molecule has 0 N–H and O–H groups in total. The van der Waals surface area contributed by atoms with Crippen molar-refractivity contribution in [2.45, 2.75) is 0 Å². The third kappa shape index (κ3) is 3.99.